The zero-order valence-corrected chi connectivity index (χ0v) is 16.8. The largest absolute Gasteiger partial charge is 0.385 e. The van der Waals surface area contributed by atoms with Crippen molar-refractivity contribution >= 4 is 0 Å². The summed E-state index contributed by atoms with van der Waals surface area (Å²) in [6, 6.07) is 8.63. The van der Waals surface area contributed by atoms with E-state index in [1.807, 2.05) is 12.1 Å². The van der Waals surface area contributed by atoms with Crippen molar-refractivity contribution in [1.29, 1.82) is 0 Å². The van der Waals surface area contributed by atoms with E-state index < -0.39 is 0 Å². The molecule has 1 aromatic carbocycles. The Morgan fingerprint density at radius 1 is 1.07 bits per heavy atom. The van der Waals surface area contributed by atoms with Crippen LogP contribution in [0.3, 0.4) is 0 Å². The second kappa shape index (κ2) is 9.02. The highest BCUT2D eigenvalue weighted by atomic mass is 19.1. The van der Waals surface area contributed by atoms with Gasteiger partial charge in [0.15, 0.2) is 0 Å². The van der Waals surface area contributed by atoms with Crippen LogP contribution < -0.4 is 0 Å². The third-order valence-electron chi connectivity index (χ3n) is 7.18. The molecular weight excluding hydrogens is 339 g/mol. The van der Waals surface area contributed by atoms with Gasteiger partial charge >= 0.3 is 0 Å². The van der Waals surface area contributed by atoms with Crippen LogP contribution in [0.5, 0.6) is 0 Å². The van der Waals surface area contributed by atoms with Crippen molar-refractivity contribution in [2.45, 2.75) is 63.6 Å². The Hall–Kier alpha value is -0.970. The van der Waals surface area contributed by atoms with E-state index in [2.05, 4.69) is 9.80 Å². The molecule has 0 N–H and O–H groups in total. The summed E-state index contributed by atoms with van der Waals surface area (Å²) in [4.78, 5) is 5.57. The van der Waals surface area contributed by atoms with Gasteiger partial charge in [-0.25, -0.2) is 4.39 Å². The van der Waals surface area contributed by atoms with E-state index in [9.17, 15) is 4.39 Å². The monoisotopic (exact) mass is 374 g/mol. The molecule has 0 unspecified atom stereocenters. The van der Waals surface area contributed by atoms with Gasteiger partial charge in [-0.15, -0.1) is 0 Å². The molecule has 3 heterocycles. The maximum atomic E-state index is 13.3. The summed E-state index contributed by atoms with van der Waals surface area (Å²) in [5, 5.41) is 0. The number of ether oxygens (including phenoxy) is 1. The summed E-state index contributed by atoms with van der Waals surface area (Å²) in [7, 11) is 1.80. The number of hydrogen-bond donors (Lipinski definition) is 0. The van der Waals surface area contributed by atoms with Gasteiger partial charge in [-0.1, -0.05) is 12.1 Å². The molecule has 1 aromatic rings. The van der Waals surface area contributed by atoms with Gasteiger partial charge in [0.2, 0.25) is 0 Å². The Kier molecular flexibility index (Phi) is 6.46. The van der Waals surface area contributed by atoms with Crippen LogP contribution in [0.2, 0.25) is 0 Å². The number of piperidine rings is 3. The predicted molar refractivity (Wildman–Crippen MR) is 107 cm³/mol. The molecular formula is C23H35FN2O. The molecule has 4 atom stereocenters. The van der Waals surface area contributed by atoms with Crippen LogP contribution >= 0.6 is 0 Å². The van der Waals surface area contributed by atoms with Crippen molar-refractivity contribution in [3.63, 3.8) is 0 Å². The van der Waals surface area contributed by atoms with E-state index in [1.54, 1.807) is 19.2 Å². The molecule has 3 saturated heterocycles. The van der Waals surface area contributed by atoms with Crippen LogP contribution in [0.25, 0.3) is 0 Å². The Bertz CT molecular complexity index is 591. The number of halogens is 1. The lowest BCUT2D eigenvalue weighted by atomic mass is 9.69. The number of rotatable bonds is 7. The Labute approximate surface area is 163 Å². The summed E-state index contributed by atoms with van der Waals surface area (Å²) in [6.07, 6.45) is 9.14. The first-order valence-corrected chi connectivity index (χ1v) is 11.0. The zero-order valence-electron chi connectivity index (χ0n) is 16.8. The zero-order chi connectivity index (χ0) is 18.6. The minimum Gasteiger partial charge on any atom is -0.385 e. The lowest BCUT2D eigenvalue weighted by Crippen LogP contribution is -2.64. The minimum absolute atomic E-state index is 0.135. The fraction of sp³-hybridized carbons (Fsp3) is 0.739. The molecule has 3 aliphatic heterocycles. The molecule has 3 aliphatic rings. The first-order valence-electron chi connectivity index (χ1n) is 11.0. The van der Waals surface area contributed by atoms with Gasteiger partial charge in [0, 0.05) is 38.9 Å². The van der Waals surface area contributed by atoms with Crippen molar-refractivity contribution in [2.24, 2.45) is 11.8 Å². The fourth-order valence-corrected chi connectivity index (χ4v) is 6.09. The van der Waals surface area contributed by atoms with Crippen LogP contribution in [-0.2, 0) is 11.3 Å². The number of benzene rings is 1. The summed E-state index contributed by atoms with van der Waals surface area (Å²) in [6.45, 7) is 5.67. The van der Waals surface area contributed by atoms with Crippen LogP contribution in [0, 0.1) is 17.7 Å². The number of unbranched alkanes of at least 4 members (excludes halogenated alkanes) is 1. The van der Waals surface area contributed by atoms with E-state index >= 15 is 0 Å². The minimum atomic E-state index is -0.135. The number of likely N-dealkylation sites (tertiary alicyclic amines) is 1. The molecule has 0 amide bonds. The fourth-order valence-electron chi connectivity index (χ4n) is 6.09. The summed E-state index contributed by atoms with van der Waals surface area (Å²) in [5.41, 5.74) is 1.25. The summed E-state index contributed by atoms with van der Waals surface area (Å²) in [5.74, 6) is 1.49. The van der Waals surface area contributed by atoms with E-state index in [0.717, 1.165) is 37.5 Å². The molecule has 0 aromatic heterocycles. The van der Waals surface area contributed by atoms with E-state index in [-0.39, 0.29) is 5.82 Å². The first-order chi connectivity index (χ1) is 13.3. The summed E-state index contributed by atoms with van der Waals surface area (Å²) >= 11 is 0. The van der Waals surface area contributed by atoms with Crippen molar-refractivity contribution in [1.82, 2.24) is 9.80 Å². The van der Waals surface area contributed by atoms with Crippen molar-refractivity contribution in [3.8, 4) is 0 Å². The van der Waals surface area contributed by atoms with Gasteiger partial charge in [-0.05, 0) is 87.6 Å². The van der Waals surface area contributed by atoms with Crippen LogP contribution in [0.4, 0.5) is 4.39 Å². The Morgan fingerprint density at radius 3 is 2.63 bits per heavy atom. The molecule has 0 radical (unpaired) electrons. The molecule has 0 bridgehead atoms. The van der Waals surface area contributed by atoms with Crippen molar-refractivity contribution in [2.75, 3.05) is 33.4 Å². The van der Waals surface area contributed by atoms with Gasteiger partial charge in [0.05, 0.1) is 0 Å². The third-order valence-corrected chi connectivity index (χ3v) is 7.18. The molecule has 3 fully saturated rings. The molecule has 4 heteroatoms. The number of hydrogen-bond acceptors (Lipinski definition) is 3. The van der Waals surface area contributed by atoms with E-state index in [1.165, 1.54) is 63.7 Å². The first kappa shape index (κ1) is 19.4. The maximum Gasteiger partial charge on any atom is 0.123 e. The highest BCUT2D eigenvalue weighted by Crippen LogP contribution is 2.43. The average molecular weight is 375 g/mol. The second-order valence-corrected chi connectivity index (χ2v) is 8.85. The van der Waals surface area contributed by atoms with Gasteiger partial charge in [-0.3, -0.25) is 9.80 Å². The highest BCUT2D eigenvalue weighted by Gasteiger charge is 2.48. The van der Waals surface area contributed by atoms with Crippen molar-refractivity contribution < 1.29 is 9.13 Å². The Balaban J connectivity index is 1.51. The quantitative estimate of drug-likeness (QED) is 0.661. The molecule has 0 aliphatic carbocycles. The molecule has 0 saturated carbocycles. The molecule has 27 heavy (non-hydrogen) atoms. The molecule has 4 rings (SSSR count). The van der Waals surface area contributed by atoms with Gasteiger partial charge in [0.25, 0.3) is 0 Å². The number of nitrogens with zero attached hydrogens (tertiary/aromatic N) is 2. The smallest absolute Gasteiger partial charge is 0.123 e. The lowest BCUT2D eigenvalue weighted by Gasteiger charge is -2.57. The third kappa shape index (κ3) is 4.38. The topological polar surface area (TPSA) is 15.7 Å². The van der Waals surface area contributed by atoms with Crippen LogP contribution in [0.15, 0.2) is 24.3 Å². The maximum absolute atomic E-state index is 13.3. The van der Waals surface area contributed by atoms with Crippen LogP contribution in [-0.4, -0.2) is 55.2 Å². The highest BCUT2D eigenvalue weighted by molar-refractivity contribution is 5.17. The SMILES string of the molecule is COCCCC[C@@H]1[C@H]2CCCN3CCC[C@H](CN1Cc1ccc(F)cc1)[C@@H]23. The normalized spacial score (nSPS) is 31.6. The molecule has 3 nitrogen and oxygen atoms in total. The lowest BCUT2D eigenvalue weighted by molar-refractivity contribution is -0.0813. The average Bonchev–Trinajstić information content (AvgIpc) is 2.69. The van der Waals surface area contributed by atoms with Gasteiger partial charge in [-0.2, -0.15) is 0 Å². The number of methoxy groups -OCH3 is 1. The van der Waals surface area contributed by atoms with Crippen molar-refractivity contribution in [3.05, 3.63) is 35.6 Å². The van der Waals surface area contributed by atoms with Gasteiger partial charge < -0.3 is 4.74 Å². The standard InChI is InChI=1S/C23H35FN2O/c1-27-15-3-2-8-22-21-7-5-14-25-13-4-6-19(23(21)25)17-26(22)16-18-9-11-20(24)12-10-18/h9-12,19,21-23H,2-8,13-17H2,1H3/t19-,21-,22-,23+/m1/s1. The Morgan fingerprint density at radius 2 is 1.85 bits per heavy atom. The summed E-state index contributed by atoms with van der Waals surface area (Å²) < 4.78 is 18.6. The predicted octanol–water partition coefficient (Wildman–Crippen LogP) is 4.32. The van der Waals surface area contributed by atoms with Gasteiger partial charge in [0.1, 0.15) is 5.82 Å². The van der Waals surface area contributed by atoms with Crippen LogP contribution in [0.1, 0.15) is 50.5 Å². The van der Waals surface area contributed by atoms with E-state index in [0.29, 0.717) is 6.04 Å². The molecule has 150 valence electrons. The van der Waals surface area contributed by atoms with E-state index in [4.69, 9.17) is 4.74 Å². The molecule has 0 spiro atoms. The second-order valence-electron chi connectivity index (χ2n) is 8.85.